The Hall–Kier alpha value is 0.600. The topological polar surface area (TPSA) is 66.4 Å². The normalized spacial score (nSPS) is 24.9. The molecular weight excluding hydrogens is 365 g/mol. The summed E-state index contributed by atoms with van der Waals surface area (Å²) in [6, 6.07) is 0. The Kier molecular flexibility index (Phi) is 6.13. The van der Waals surface area contributed by atoms with Gasteiger partial charge in [-0.3, -0.25) is 8.08 Å². The highest BCUT2D eigenvalue weighted by molar-refractivity contribution is 14.1. The quantitative estimate of drug-likeness (QED) is 0.408. The fraction of sp³-hybridized carbons (Fsp3) is 1.00. The molecule has 2 N–H and O–H groups in total. The first-order valence-electron chi connectivity index (χ1n) is 5.98. The summed E-state index contributed by atoms with van der Waals surface area (Å²) in [5.74, 6) is 0. The van der Waals surface area contributed by atoms with Crippen LogP contribution in [0.15, 0.2) is 0 Å². The maximum atomic E-state index is 9.19. The molecule has 0 aromatic heterocycles. The fourth-order valence-corrected chi connectivity index (χ4v) is 4.04. The van der Waals surface area contributed by atoms with Crippen LogP contribution >= 0.6 is 22.9 Å². The van der Waals surface area contributed by atoms with Crippen molar-refractivity contribution >= 4 is 33.0 Å². The van der Waals surface area contributed by atoms with Crippen molar-refractivity contribution in [3.8, 4) is 0 Å². The molecule has 1 saturated carbocycles. The second kappa shape index (κ2) is 5.93. The number of nitrogens with one attached hydrogen (secondary N) is 1. The van der Waals surface area contributed by atoms with Crippen molar-refractivity contribution in [3.05, 3.63) is 0 Å². The molecule has 1 fully saturated rings. The molecule has 0 bridgehead atoms. The lowest BCUT2D eigenvalue weighted by atomic mass is 9.59. The number of halogens is 1. The summed E-state index contributed by atoms with van der Waals surface area (Å²) in [5, 5.41) is 0. The zero-order valence-electron chi connectivity index (χ0n) is 12.2. The molecule has 0 amide bonds. The monoisotopic (exact) mass is 391 g/mol. The van der Waals surface area contributed by atoms with Crippen LogP contribution in [-0.4, -0.2) is 24.8 Å². The van der Waals surface area contributed by atoms with E-state index in [4.69, 9.17) is 4.55 Å². The Morgan fingerprint density at radius 3 is 1.50 bits per heavy atom. The highest BCUT2D eigenvalue weighted by atomic mass is 127. The van der Waals surface area contributed by atoms with Gasteiger partial charge in [-0.1, -0.05) is 27.7 Å². The third-order valence-electron chi connectivity index (χ3n) is 2.92. The smallest absolute Gasteiger partial charge is 0.261 e. The molecule has 0 aromatic rings. The molecule has 0 heterocycles. The van der Waals surface area contributed by atoms with Crippen LogP contribution in [0.5, 0.6) is 0 Å². The molecule has 1 aliphatic rings. The average Bonchev–Trinajstić information content (AvgIpc) is 1.93. The van der Waals surface area contributed by atoms with Crippen molar-refractivity contribution in [3.63, 3.8) is 0 Å². The van der Waals surface area contributed by atoms with E-state index in [1.807, 2.05) is 0 Å². The largest absolute Gasteiger partial charge is 0.286 e. The van der Waals surface area contributed by atoms with Crippen molar-refractivity contribution in [2.75, 3.05) is 6.26 Å². The van der Waals surface area contributed by atoms with Crippen LogP contribution in [-0.2, 0) is 10.1 Å². The maximum Gasteiger partial charge on any atom is 0.261 e. The SMILES string of the molecule is CC1(C)CC(C)(C)CC(C)(NI)C1.CS(=O)(=O)O. The van der Waals surface area contributed by atoms with Crippen molar-refractivity contribution < 1.29 is 13.0 Å². The molecule has 0 aromatic carbocycles. The van der Waals surface area contributed by atoms with Gasteiger partial charge in [0.15, 0.2) is 0 Å². The molecule has 0 saturated heterocycles. The molecular formula is C12H26INO3S. The molecule has 0 radical (unpaired) electrons. The van der Waals surface area contributed by atoms with E-state index < -0.39 is 10.1 Å². The van der Waals surface area contributed by atoms with E-state index in [0.29, 0.717) is 22.6 Å². The van der Waals surface area contributed by atoms with Crippen LogP contribution in [0, 0.1) is 10.8 Å². The Morgan fingerprint density at radius 2 is 1.28 bits per heavy atom. The van der Waals surface area contributed by atoms with E-state index in [1.54, 1.807) is 0 Å². The van der Waals surface area contributed by atoms with Gasteiger partial charge in [0.2, 0.25) is 0 Å². The lowest BCUT2D eigenvalue weighted by Gasteiger charge is -2.50. The van der Waals surface area contributed by atoms with Crippen LogP contribution in [0.25, 0.3) is 0 Å². The summed E-state index contributed by atoms with van der Waals surface area (Å²) in [5.41, 5.74) is 1.29. The molecule has 110 valence electrons. The second-order valence-electron chi connectivity index (χ2n) is 7.25. The highest BCUT2D eigenvalue weighted by Crippen LogP contribution is 2.50. The van der Waals surface area contributed by atoms with Gasteiger partial charge in [0.1, 0.15) is 0 Å². The van der Waals surface area contributed by atoms with Crippen molar-refractivity contribution in [2.24, 2.45) is 10.8 Å². The summed E-state index contributed by atoms with van der Waals surface area (Å²) < 4.78 is 29.3. The van der Waals surface area contributed by atoms with Gasteiger partial charge in [0, 0.05) is 28.4 Å². The number of hydrogen-bond acceptors (Lipinski definition) is 3. The minimum absolute atomic E-state index is 0.325. The third-order valence-corrected chi connectivity index (χ3v) is 4.22. The molecule has 1 aliphatic carbocycles. The molecule has 18 heavy (non-hydrogen) atoms. The van der Waals surface area contributed by atoms with Crippen LogP contribution < -0.4 is 3.53 Å². The summed E-state index contributed by atoms with van der Waals surface area (Å²) in [7, 11) is -3.67. The van der Waals surface area contributed by atoms with Gasteiger partial charge < -0.3 is 0 Å². The van der Waals surface area contributed by atoms with Crippen molar-refractivity contribution in [1.29, 1.82) is 0 Å². The molecule has 0 spiro atoms. The lowest BCUT2D eigenvalue weighted by molar-refractivity contribution is 0.0529. The fourth-order valence-electron chi connectivity index (χ4n) is 3.66. The maximum absolute atomic E-state index is 9.19. The van der Waals surface area contributed by atoms with Gasteiger partial charge in [0.25, 0.3) is 10.1 Å². The summed E-state index contributed by atoms with van der Waals surface area (Å²) in [4.78, 5) is 0. The Morgan fingerprint density at radius 1 is 1.00 bits per heavy atom. The Labute approximate surface area is 126 Å². The van der Waals surface area contributed by atoms with Gasteiger partial charge in [0.05, 0.1) is 6.26 Å². The van der Waals surface area contributed by atoms with E-state index in [2.05, 4.69) is 61.0 Å². The van der Waals surface area contributed by atoms with E-state index in [0.717, 1.165) is 0 Å². The first kappa shape index (κ1) is 18.6. The molecule has 0 atom stereocenters. The number of hydrogen-bond donors (Lipinski definition) is 2. The van der Waals surface area contributed by atoms with Crippen LogP contribution in [0.1, 0.15) is 53.9 Å². The average molecular weight is 391 g/mol. The predicted octanol–water partition coefficient (Wildman–Crippen LogP) is 3.43. The minimum Gasteiger partial charge on any atom is -0.286 e. The second-order valence-corrected chi connectivity index (χ2v) is 9.25. The molecule has 4 nitrogen and oxygen atoms in total. The molecule has 0 aliphatic heterocycles. The van der Waals surface area contributed by atoms with E-state index in [1.165, 1.54) is 19.3 Å². The van der Waals surface area contributed by atoms with Crippen LogP contribution in [0.3, 0.4) is 0 Å². The zero-order chi connectivity index (χ0) is 14.8. The zero-order valence-corrected chi connectivity index (χ0v) is 15.1. The molecule has 1 rings (SSSR count). The Balaban J connectivity index is 0.000000494. The minimum atomic E-state index is -3.67. The molecule has 6 heteroatoms. The highest BCUT2D eigenvalue weighted by Gasteiger charge is 2.44. The standard InChI is InChI=1S/C11H22IN.CH4O3S/c1-9(2)6-10(3,4)8-11(5,7-9)13-12;1-5(2,3)4/h13H,6-8H2,1-5H3;1H3,(H,2,3,4). The lowest BCUT2D eigenvalue weighted by Crippen LogP contribution is -2.49. The number of rotatable bonds is 1. The van der Waals surface area contributed by atoms with Crippen molar-refractivity contribution in [2.45, 2.75) is 59.4 Å². The Bertz CT molecular complexity index is 353. The summed E-state index contributed by atoms with van der Waals surface area (Å²) >= 11 is 2.31. The third kappa shape index (κ3) is 8.66. The van der Waals surface area contributed by atoms with Gasteiger partial charge in [-0.05, 0) is 37.0 Å². The summed E-state index contributed by atoms with van der Waals surface area (Å²) in [6.45, 7) is 11.9. The van der Waals surface area contributed by atoms with Crippen LogP contribution in [0.2, 0.25) is 0 Å². The van der Waals surface area contributed by atoms with Gasteiger partial charge in [-0.2, -0.15) is 8.42 Å². The van der Waals surface area contributed by atoms with Crippen molar-refractivity contribution in [1.82, 2.24) is 3.53 Å². The van der Waals surface area contributed by atoms with Crippen LogP contribution in [0.4, 0.5) is 0 Å². The van der Waals surface area contributed by atoms with E-state index in [-0.39, 0.29) is 0 Å². The summed E-state index contributed by atoms with van der Waals surface area (Å²) in [6.07, 6.45) is 4.62. The first-order chi connectivity index (χ1) is 7.68. The molecule has 0 unspecified atom stereocenters. The van der Waals surface area contributed by atoms with E-state index >= 15 is 0 Å². The van der Waals surface area contributed by atoms with E-state index in [9.17, 15) is 8.42 Å². The first-order valence-corrected chi connectivity index (χ1v) is 8.91. The van der Waals surface area contributed by atoms with Gasteiger partial charge in [-0.15, -0.1) is 0 Å². The predicted molar refractivity (Wildman–Crippen MR) is 84.4 cm³/mol. The van der Waals surface area contributed by atoms with Gasteiger partial charge >= 0.3 is 0 Å². The van der Waals surface area contributed by atoms with Gasteiger partial charge in [-0.25, -0.2) is 0 Å².